The Kier molecular flexibility index (Phi) is 5.03. The first-order valence-corrected chi connectivity index (χ1v) is 5.71. The lowest BCUT2D eigenvalue weighted by Gasteiger charge is -2.11. The third kappa shape index (κ3) is 4.11. The summed E-state index contributed by atoms with van der Waals surface area (Å²) in [6.07, 6.45) is 0.819. The summed E-state index contributed by atoms with van der Waals surface area (Å²) in [7, 11) is 1.58. The zero-order valence-electron chi connectivity index (χ0n) is 10.8. The molecule has 0 saturated carbocycles. The van der Waals surface area contributed by atoms with Crippen molar-refractivity contribution < 1.29 is 9.53 Å². The topological polar surface area (TPSA) is 64.1 Å². The van der Waals surface area contributed by atoms with Crippen molar-refractivity contribution in [3.05, 3.63) is 17.6 Å². The fourth-order valence-corrected chi connectivity index (χ4v) is 1.45. The zero-order valence-corrected chi connectivity index (χ0v) is 10.8. The van der Waals surface area contributed by atoms with Gasteiger partial charge in [0.05, 0.1) is 12.5 Å². The number of hydrogen-bond donors (Lipinski definition) is 1. The number of amides is 1. The number of carbonyl (C=O) groups excluding carboxylic acids is 1. The first kappa shape index (κ1) is 13.6. The van der Waals surface area contributed by atoms with Crippen LogP contribution in [0.1, 0.15) is 25.4 Å². The highest BCUT2D eigenvalue weighted by atomic mass is 16.5. The molecular weight excluding hydrogens is 218 g/mol. The standard InChI is InChI=1S/C12H19N3O2/c1-5-10-6-11(14-9(3)13-10)15-12(16)8(2)7-17-4/h6,8H,5,7H2,1-4H3,(H,13,14,15,16). The molecule has 1 unspecified atom stereocenters. The van der Waals surface area contributed by atoms with E-state index in [0.29, 0.717) is 18.2 Å². The quantitative estimate of drug-likeness (QED) is 0.844. The second-order valence-electron chi connectivity index (χ2n) is 3.99. The van der Waals surface area contributed by atoms with Gasteiger partial charge < -0.3 is 10.1 Å². The Morgan fingerprint density at radius 1 is 1.53 bits per heavy atom. The van der Waals surface area contributed by atoms with Crippen LogP contribution < -0.4 is 5.32 Å². The van der Waals surface area contributed by atoms with Crippen molar-refractivity contribution >= 4 is 11.7 Å². The number of nitrogens with one attached hydrogen (secondary N) is 1. The van der Waals surface area contributed by atoms with Crippen LogP contribution in [0.25, 0.3) is 0 Å². The maximum absolute atomic E-state index is 11.8. The Labute approximate surface area is 102 Å². The molecule has 1 heterocycles. The van der Waals surface area contributed by atoms with Gasteiger partial charge >= 0.3 is 0 Å². The van der Waals surface area contributed by atoms with Crippen LogP contribution in [0.3, 0.4) is 0 Å². The molecule has 0 aliphatic heterocycles. The lowest BCUT2D eigenvalue weighted by Crippen LogP contribution is -2.24. The molecule has 1 aromatic rings. The van der Waals surface area contributed by atoms with Gasteiger partial charge in [-0.15, -0.1) is 0 Å². The summed E-state index contributed by atoms with van der Waals surface area (Å²) >= 11 is 0. The molecule has 5 heteroatoms. The maximum Gasteiger partial charge on any atom is 0.230 e. The summed E-state index contributed by atoms with van der Waals surface area (Å²) in [6.45, 7) is 6.04. The molecule has 17 heavy (non-hydrogen) atoms. The van der Waals surface area contributed by atoms with E-state index in [1.165, 1.54) is 0 Å². The summed E-state index contributed by atoms with van der Waals surface area (Å²) in [5, 5.41) is 2.77. The lowest BCUT2D eigenvalue weighted by molar-refractivity contribution is -0.120. The zero-order chi connectivity index (χ0) is 12.8. The number of rotatable bonds is 5. The van der Waals surface area contributed by atoms with E-state index in [0.717, 1.165) is 12.1 Å². The first-order chi connectivity index (χ1) is 8.06. The summed E-state index contributed by atoms with van der Waals surface area (Å²) in [5.41, 5.74) is 0.923. The van der Waals surface area contributed by atoms with Crippen LogP contribution in [-0.4, -0.2) is 29.6 Å². The average molecular weight is 237 g/mol. The van der Waals surface area contributed by atoms with E-state index in [1.807, 2.05) is 20.8 Å². The van der Waals surface area contributed by atoms with Crippen LogP contribution in [0.4, 0.5) is 5.82 Å². The van der Waals surface area contributed by atoms with E-state index >= 15 is 0 Å². The molecule has 0 aliphatic rings. The smallest absolute Gasteiger partial charge is 0.230 e. The molecule has 0 aliphatic carbocycles. The molecule has 0 aromatic carbocycles. The largest absolute Gasteiger partial charge is 0.384 e. The highest BCUT2D eigenvalue weighted by Gasteiger charge is 2.13. The van der Waals surface area contributed by atoms with E-state index < -0.39 is 0 Å². The Morgan fingerprint density at radius 3 is 2.82 bits per heavy atom. The number of aryl methyl sites for hydroxylation is 2. The number of carbonyl (C=O) groups is 1. The van der Waals surface area contributed by atoms with E-state index in [4.69, 9.17) is 4.74 Å². The van der Waals surface area contributed by atoms with Crippen LogP contribution in [0.15, 0.2) is 6.07 Å². The van der Waals surface area contributed by atoms with Gasteiger partial charge in [0.1, 0.15) is 11.6 Å². The fourth-order valence-electron chi connectivity index (χ4n) is 1.45. The minimum absolute atomic E-state index is 0.0907. The Bertz CT molecular complexity index is 393. The lowest BCUT2D eigenvalue weighted by atomic mass is 10.2. The van der Waals surface area contributed by atoms with Gasteiger partial charge in [-0.1, -0.05) is 13.8 Å². The number of methoxy groups -OCH3 is 1. The molecule has 0 fully saturated rings. The molecule has 1 atom stereocenters. The number of aromatic nitrogens is 2. The molecular formula is C12H19N3O2. The second-order valence-corrected chi connectivity index (χ2v) is 3.99. The van der Waals surface area contributed by atoms with Gasteiger partial charge in [0.25, 0.3) is 0 Å². The predicted octanol–water partition coefficient (Wildman–Crippen LogP) is 1.57. The Hall–Kier alpha value is -1.49. The van der Waals surface area contributed by atoms with Gasteiger partial charge in [0.15, 0.2) is 0 Å². The van der Waals surface area contributed by atoms with E-state index in [2.05, 4.69) is 15.3 Å². The normalized spacial score (nSPS) is 12.2. The van der Waals surface area contributed by atoms with Crippen LogP contribution in [0.2, 0.25) is 0 Å². The molecule has 1 aromatic heterocycles. The molecule has 0 bridgehead atoms. The van der Waals surface area contributed by atoms with Crippen LogP contribution in [0.5, 0.6) is 0 Å². The van der Waals surface area contributed by atoms with E-state index in [1.54, 1.807) is 13.2 Å². The van der Waals surface area contributed by atoms with E-state index in [-0.39, 0.29) is 11.8 Å². The molecule has 0 radical (unpaired) electrons. The molecule has 5 nitrogen and oxygen atoms in total. The summed E-state index contributed by atoms with van der Waals surface area (Å²) in [4.78, 5) is 20.2. The van der Waals surface area contributed by atoms with Crippen LogP contribution >= 0.6 is 0 Å². The minimum Gasteiger partial charge on any atom is -0.384 e. The van der Waals surface area contributed by atoms with Crippen molar-refractivity contribution in [1.82, 2.24) is 9.97 Å². The summed E-state index contributed by atoms with van der Waals surface area (Å²) in [6, 6.07) is 1.80. The minimum atomic E-state index is -0.194. The molecule has 1 amide bonds. The van der Waals surface area contributed by atoms with Crippen molar-refractivity contribution in [2.45, 2.75) is 27.2 Å². The van der Waals surface area contributed by atoms with Gasteiger partial charge in [-0.3, -0.25) is 4.79 Å². The Balaban J connectivity index is 2.74. The van der Waals surface area contributed by atoms with Gasteiger partial charge in [-0.2, -0.15) is 0 Å². The highest BCUT2D eigenvalue weighted by Crippen LogP contribution is 2.09. The molecule has 0 spiro atoms. The number of hydrogen-bond acceptors (Lipinski definition) is 4. The van der Waals surface area contributed by atoms with Gasteiger partial charge in [-0.25, -0.2) is 9.97 Å². The van der Waals surface area contributed by atoms with Crippen molar-refractivity contribution in [3.63, 3.8) is 0 Å². The van der Waals surface area contributed by atoms with Crippen LogP contribution in [-0.2, 0) is 16.0 Å². The number of anilines is 1. The van der Waals surface area contributed by atoms with Crippen molar-refractivity contribution in [2.75, 3.05) is 19.0 Å². The van der Waals surface area contributed by atoms with Gasteiger partial charge in [0.2, 0.25) is 5.91 Å². The van der Waals surface area contributed by atoms with Crippen molar-refractivity contribution in [3.8, 4) is 0 Å². The molecule has 1 rings (SSSR count). The monoisotopic (exact) mass is 237 g/mol. The van der Waals surface area contributed by atoms with Gasteiger partial charge in [0, 0.05) is 18.9 Å². The second kappa shape index (κ2) is 6.30. The fraction of sp³-hybridized carbons (Fsp3) is 0.583. The number of ether oxygens (including phenoxy) is 1. The summed E-state index contributed by atoms with van der Waals surface area (Å²) in [5.74, 6) is 0.939. The summed E-state index contributed by atoms with van der Waals surface area (Å²) < 4.78 is 4.94. The molecule has 94 valence electrons. The van der Waals surface area contributed by atoms with E-state index in [9.17, 15) is 4.79 Å². The Morgan fingerprint density at radius 2 is 2.24 bits per heavy atom. The van der Waals surface area contributed by atoms with Crippen molar-refractivity contribution in [1.29, 1.82) is 0 Å². The SMILES string of the molecule is CCc1cc(NC(=O)C(C)COC)nc(C)n1. The molecule has 0 saturated heterocycles. The van der Waals surface area contributed by atoms with Crippen molar-refractivity contribution in [2.24, 2.45) is 5.92 Å². The highest BCUT2D eigenvalue weighted by molar-refractivity contribution is 5.91. The number of nitrogens with zero attached hydrogens (tertiary/aromatic N) is 2. The third-order valence-electron chi connectivity index (χ3n) is 2.37. The molecule has 1 N–H and O–H groups in total. The van der Waals surface area contributed by atoms with Crippen LogP contribution in [0, 0.1) is 12.8 Å². The average Bonchev–Trinajstić information content (AvgIpc) is 2.28. The predicted molar refractivity (Wildman–Crippen MR) is 65.8 cm³/mol. The maximum atomic E-state index is 11.8. The first-order valence-electron chi connectivity index (χ1n) is 5.71. The third-order valence-corrected chi connectivity index (χ3v) is 2.37. The van der Waals surface area contributed by atoms with Gasteiger partial charge in [-0.05, 0) is 13.3 Å².